The molecule has 0 aromatic carbocycles. The van der Waals surface area contributed by atoms with Crippen LogP contribution in [0.15, 0.2) is 11.4 Å². The van der Waals surface area contributed by atoms with Crippen LogP contribution in [-0.2, 0) is 17.1 Å². The van der Waals surface area contributed by atoms with Crippen LogP contribution in [0.4, 0.5) is 0 Å². The molecule has 0 saturated carbocycles. The van der Waals surface area contributed by atoms with Crippen molar-refractivity contribution in [3.05, 3.63) is 11.5 Å². The summed E-state index contributed by atoms with van der Waals surface area (Å²) in [5.74, 6) is 0. The predicted molar refractivity (Wildman–Crippen MR) is 56.5 cm³/mol. The number of hydrogen-bond donors (Lipinski definition) is 3. The van der Waals surface area contributed by atoms with E-state index in [2.05, 4.69) is 9.71 Å². The van der Waals surface area contributed by atoms with Gasteiger partial charge in [-0.2, -0.15) is 0 Å². The number of nitrogens with zero attached hydrogens (tertiary/aromatic N) is 2. The van der Waals surface area contributed by atoms with Gasteiger partial charge in [-0.15, -0.1) is 0 Å². The van der Waals surface area contributed by atoms with Crippen molar-refractivity contribution in [2.75, 3.05) is 13.2 Å². The maximum Gasteiger partial charge on any atom is 0.261 e. The average molecular weight is 270 g/mol. The minimum atomic E-state index is -3.93. The number of nitrogens with one attached hydrogen (secondary N) is 1. The van der Waals surface area contributed by atoms with Crippen molar-refractivity contribution in [3.63, 3.8) is 0 Å². The highest BCUT2D eigenvalue weighted by Gasteiger charge is 2.25. The topological polar surface area (TPSA) is 104 Å². The minimum Gasteiger partial charge on any atom is -0.395 e. The van der Waals surface area contributed by atoms with E-state index >= 15 is 0 Å². The summed E-state index contributed by atoms with van der Waals surface area (Å²) in [4.78, 5) is 3.63. The lowest BCUT2D eigenvalue weighted by molar-refractivity contribution is 0.185. The molecule has 1 rings (SSSR count). The Labute approximate surface area is 97.7 Å². The van der Waals surface area contributed by atoms with E-state index in [1.807, 2.05) is 0 Å². The first-order chi connectivity index (χ1) is 7.42. The summed E-state index contributed by atoms with van der Waals surface area (Å²) in [5.41, 5.74) is 0. The molecular formula is C7H12ClN3O4S. The van der Waals surface area contributed by atoms with Crippen molar-refractivity contribution in [2.24, 2.45) is 7.05 Å². The molecule has 0 bridgehead atoms. The van der Waals surface area contributed by atoms with Gasteiger partial charge in [-0.05, 0) is 0 Å². The standard InChI is InChI=1S/C7H12ClN3O4S/c1-11-4-9-7(6(11)8)16(14,15)10-5(2-12)3-13/h4-5,10,12-13H,2-3H2,1H3. The van der Waals surface area contributed by atoms with Gasteiger partial charge in [-0.1, -0.05) is 11.6 Å². The predicted octanol–water partition coefficient (Wildman–Crippen LogP) is -1.30. The minimum absolute atomic E-state index is 0.0397. The molecule has 0 saturated heterocycles. The van der Waals surface area contributed by atoms with Gasteiger partial charge in [-0.25, -0.2) is 18.1 Å². The number of aromatic nitrogens is 2. The smallest absolute Gasteiger partial charge is 0.261 e. The molecule has 0 atom stereocenters. The fourth-order valence-electron chi connectivity index (χ4n) is 0.982. The molecule has 0 aliphatic carbocycles. The fourth-order valence-corrected chi connectivity index (χ4v) is 2.63. The molecule has 9 heteroatoms. The zero-order chi connectivity index (χ0) is 12.3. The average Bonchev–Trinajstić information content (AvgIpc) is 2.57. The van der Waals surface area contributed by atoms with Crippen LogP contribution in [0.25, 0.3) is 0 Å². The molecule has 0 fully saturated rings. The number of hydrogen-bond acceptors (Lipinski definition) is 5. The summed E-state index contributed by atoms with van der Waals surface area (Å²) < 4.78 is 26.8. The molecule has 1 heterocycles. The number of sulfonamides is 1. The van der Waals surface area contributed by atoms with Crippen LogP contribution in [0.1, 0.15) is 0 Å². The molecule has 0 aliphatic rings. The largest absolute Gasteiger partial charge is 0.395 e. The monoisotopic (exact) mass is 269 g/mol. The molecule has 92 valence electrons. The van der Waals surface area contributed by atoms with Gasteiger partial charge < -0.3 is 14.8 Å². The van der Waals surface area contributed by atoms with Gasteiger partial charge >= 0.3 is 0 Å². The summed E-state index contributed by atoms with van der Waals surface area (Å²) in [7, 11) is -2.38. The molecule has 3 N–H and O–H groups in total. The Hall–Kier alpha value is -0.670. The zero-order valence-corrected chi connectivity index (χ0v) is 10.0. The SMILES string of the molecule is Cn1cnc(S(=O)(=O)NC(CO)CO)c1Cl. The Morgan fingerprint density at radius 1 is 1.56 bits per heavy atom. The summed E-state index contributed by atoms with van der Waals surface area (Å²) in [6.07, 6.45) is 1.25. The lowest BCUT2D eigenvalue weighted by atomic mass is 10.4. The quantitative estimate of drug-likeness (QED) is 0.617. The highest BCUT2D eigenvalue weighted by atomic mass is 35.5. The molecular weight excluding hydrogens is 258 g/mol. The van der Waals surface area contributed by atoms with Gasteiger partial charge in [0.2, 0.25) is 5.03 Å². The molecule has 16 heavy (non-hydrogen) atoms. The lowest BCUT2D eigenvalue weighted by Crippen LogP contribution is -2.40. The van der Waals surface area contributed by atoms with E-state index in [9.17, 15) is 8.42 Å². The maximum atomic E-state index is 11.7. The number of aliphatic hydroxyl groups is 2. The van der Waals surface area contributed by atoms with Crippen LogP contribution in [-0.4, -0.2) is 47.4 Å². The van der Waals surface area contributed by atoms with Crippen LogP contribution in [0.2, 0.25) is 5.15 Å². The van der Waals surface area contributed by atoms with Crippen molar-refractivity contribution in [1.29, 1.82) is 0 Å². The van der Waals surface area contributed by atoms with Crippen LogP contribution >= 0.6 is 11.6 Å². The van der Waals surface area contributed by atoms with Crippen molar-refractivity contribution in [2.45, 2.75) is 11.1 Å². The van der Waals surface area contributed by atoms with Crippen molar-refractivity contribution >= 4 is 21.6 Å². The summed E-state index contributed by atoms with van der Waals surface area (Å²) in [5, 5.41) is 17.2. The molecule has 0 amide bonds. The van der Waals surface area contributed by atoms with Crippen molar-refractivity contribution < 1.29 is 18.6 Å². The van der Waals surface area contributed by atoms with Crippen LogP contribution < -0.4 is 4.72 Å². The second-order valence-electron chi connectivity index (χ2n) is 3.13. The molecule has 0 radical (unpaired) electrons. The first-order valence-corrected chi connectivity index (χ1v) is 6.19. The molecule has 0 aliphatic heterocycles. The van der Waals surface area contributed by atoms with Gasteiger partial charge in [0.15, 0.2) is 0 Å². The normalized spacial score (nSPS) is 12.3. The molecule has 1 aromatic rings. The van der Waals surface area contributed by atoms with E-state index < -0.39 is 29.3 Å². The molecule has 1 aromatic heterocycles. The molecule has 7 nitrogen and oxygen atoms in total. The van der Waals surface area contributed by atoms with Gasteiger partial charge in [0, 0.05) is 7.05 Å². The van der Waals surface area contributed by atoms with Crippen molar-refractivity contribution in [3.8, 4) is 0 Å². The number of aliphatic hydroxyl groups excluding tert-OH is 2. The van der Waals surface area contributed by atoms with E-state index in [4.69, 9.17) is 21.8 Å². The molecule has 0 spiro atoms. The van der Waals surface area contributed by atoms with Crippen LogP contribution in [0.3, 0.4) is 0 Å². The van der Waals surface area contributed by atoms with Crippen molar-refractivity contribution in [1.82, 2.24) is 14.3 Å². The van der Waals surface area contributed by atoms with Gasteiger partial charge in [-0.3, -0.25) is 0 Å². The number of aryl methyl sites for hydroxylation is 1. The first-order valence-electron chi connectivity index (χ1n) is 4.33. The van der Waals surface area contributed by atoms with E-state index in [0.29, 0.717) is 0 Å². The number of rotatable bonds is 5. The Bertz CT molecular complexity index is 454. The maximum absolute atomic E-state index is 11.7. The van der Waals surface area contributed by atoms with Gasteiger partial charge in [0.1, 0.15) is 5.15 Å². The number of halogens is 1. The second kappa shape index (κ2) is 5.11. The van der Waals surface area contributed by atoms with E-state index in [1.165, 1.54) is 10.9 Å². The summed E-state index contributed by atoms with van der Waals surface area (Å²) in [6, 6.07) is -0.969. The highest BCUT2D eigenvalue weighted by molar-refractivity contribution is 7.89. The van der Waals surface area contributed by atoms with Crippen LogP contribution in [0, 0.1) is 0 Å². The third-order valence-corrected chi connectivity index (χ3v) is 3.86. The third kappa shape index (κ3) is 2.71. The van der Waals surface area contributed by atoms with Gasteiger partial charge in [0.05, 0.1) is 25.6 Å². The van der Waals surface area contributed by atoms with Gasteiger partial charge in [0.25, 0.3) is 10.0 Å². The van der Waals surface area contributed by atoms with E-state index in [1.54, 1.807) is 7.05 Å². The fraction of sp³-hybridized carbons (Fsp3) is 0.571. The summed E-state index contributed by atoms with van der Waals surface area (Å²) in [6.45, 7) is -1.03. The Balaban J connectivity index is 2.99. The van der Waals surface area contributed by atoms with E-state index in [-0.39, 0.29) is 10.2 Å². The second-order valence-corrected chi connectivity index (χ2v) is 5.12. The zero-order valence-electron chi connectivity index (χ0n) is 8.46. The third-order valence-electron chi connectivity index (χ3n) is 1.85. The summed E-state index contributed by atoms with van der Waals surface area (Å²) >= 11 is 5.72. The highest BCUT2D eigenvalue weighted by Crippen LogP contribution is 2.18. The Kier molecular flexibility index (Phi) is 4.28. The first kappa shape index (κ1) is 13.4. The molecule has 0 unspecified atom stereocenters. The Morgan fingerprint density at radius 3 is 2.50 bits per heavy atom. The van der Waals surface area contributed by atoms with Crippen LogP contribution in [0.5, 0.6) is 0 Å². The van der Waals surface area contributed by atoms with E-state index in [0.717, 1.165) is 0 Å². The number of imidazole rings is 1. The lowest BCUT2D eigenvalue weighted by Gasteiger charge is -2.12. The Morgan fingerprint density at radius 2 is 2.12 bits per heavy atom.